The van der Waals surface area contributed by atoms with Crippen LogP contribution in [0.4, 0.5) is 22.7 Å². The molecule has 1 atom stereocenters. The second-order valence-electron chi connectivity index (χ2n) is 11.6. The molecule has 45 heavy (non-hydrogen) atoms. The number of hydrogen-bond donors (Lipinski definition) is 0. The standard InChI is InChI=1S/C37H31N5O2Si/c1-24-18-34-36(20-26(24)3)43-45(41(34)29-13-15-31(39-22-29)28-10-6-5-7-11-28)42(35-19-25(2)27(4)21-37(35)44-45)30-14-16-33(40-23-30)32-12-8-9-17-38-32/h5-23H,1-4H3. The van der Waals surface area contributed by atoms with Gasteiger partial charge >= 0.3 is 8.88 Å². The molecular formula is C37H31N5O2Si. The fourth-order valence-corrected chi connectivity index (χ4v) is 9.43. The Morgan fingerprint density at radius 2 is 1.02 bits per heavy atom. The van der Waals surface area contributed by atoms with Gasteiger partial charge in [0, 0.05) is 11.8 Å². The lowest BCUT2D eigenvalue weighted by Gasteiger charge is -2.35. The molecule has 7 nitrogen and oxygen atoms in total. The summed E-state index contributed by atoms with van der Waals surface area (Å²) in [6, 6.07) is 33.0. The van der Waals surface area contributed by atoms with Crippen LogP contribution in [0.5, 0.6) is 11.5 Å². The molecule has 1 unspecified atom stereocenters. The molecule has 3 aromatic carbocycles. The second kappa shape index (κ2) is 10.3. The summed E-state index contributed by atoms with van der Waals surface area (Å²) >= 11 is 0. The van der Waals surface area contributed by atoms with Gasteiger partial charge in [0.2, 0.25) is 0 Å². The molecule has 0 saturated heterocycles. The third kappa shape index (κ3) is 4.36. The summed E-state index contributed by atoms with van der Waals surface area (Å²) in [5.74, 6) is 1.58. The highest BCUT2D eigenvalue weighted by atomic mass is 28.4. The van der Waals surface area contributed by atoms with Crippen molar-refractivity contribution in [3.05, 3.63) is 138 Å². The van der Waals surface area contributed by atoms with Crippen LogP contribution in [0.1, 0.15) is 22.3 Å². The predicted molar refractivity (Wildman–Crippen MR) is 180 cm³/mol. The Labute approximate surface area is 263 Å². The Bertz CT molecular complexity index is 1900. The minimum atomic E-state index is -3.53. The Hall–Kier alpha value is -5.47. The van der Waals surface area contributed by atoms with E-state index in [1.807, 2.05) is 54.9 Å². The van der Waals surface area contributed by atoms with E-state index >= 15 is 0 Å². The van der Waals surface area contributed by atoms with Crippen molar-refractivity contribution in [2.45, 2.75) is 27.7 Å². The first-order chi connectivity index (χ1) is 21.9. The van der Waals surface area contributed by atoms with Gasteiger partial charge < -0.3 is 8.85 Å². The fourth-order valence-electron chi connectivity index (χ4n) is 6.04. The molecule has 3 aromatic heterocycles. The average molecular weight is 606 g/mol. The summed E-state index contributed by atoms with van der Waals surface area (Å²) < 4.78 is 18.7. The molecule has 1 spiro atoms. The Kier molecular flexibility index (Phi) is 6.21. The van der Waals surface area contributed by atoms with Gasteiger partial charge in [-0.15, -0.1) is 0 Å². The minimum absolute atomic E-state index is 0.790. The van der Waals surface area contributed by atoms with Gasteiger partial charge in [-0.05, 0) is 111 Å². The van der Waals surface area contributed by atoms with Gasteiger partial charge in [-0.3, -0.25) is 24.1 Å². The summed E-state index contributed by atoms with van der Waals surface area (Å²) in [5.41, 5.74) is 12.0. The molecule has 8 heteroatoms. The molecule has 220 valence electrons. The van der Waals surface area contributed by atoms with Gasteiger partial charge in [0.15, 0.2) is 0 Å². The molecule has 0 bridgehead atoms. The zero-order valence-electron chi connectivity index (χ0n) is 25.5. The predicted octanol–water partition coefficient (Wildman–Crippen LogP) is 8.64. The van der Waals surface area contributed by atoms with Crippen LogP contribution >= 0.6 is 0 Å². The first-order valence-corrected chi connectivity index (χ1v) is 16.7. The number of aromatic nitrogens is 3. The lowest BCUT2D eigenvalue weighted by atomic mass is 10.1. The molecule has 5 heterocycles. The quantitative estimate of drug-likeness (QED) is 0.186. The normalized spacial score (nSPS) is 16.4. The van der Waals surface area contributed by atoms with Crippen LogP contribution in [0.3, 0.4) is 0 Å². The highest BCUT2D eigenvalue weighted by Crippen LogP contribution is 2.55. The maximum Gasteiger partial charge on any atom is 0.734 e. The third-order valence-electron chi connectivity index (χ3n) is 8.69. The van der Waals surface area contributed by atoms with E-state index in [0.29, 0.717) is 0 Å². The zero-order chi connectivity index (χ0) is 30.7. The van der Waals surface area contributed by atoms with E-state index in [2.05, 4.69) is 96.4 Å². The molecule has 0 radical (unpaired) electrons. The van der Waals surface area contributed by atoms with Crippen molar-refractivity contribution in [1.29, 1.82) is 0 Å². The van der Waals surface area contributed by atoms with Crippen LogP contribution in [0.2, 0.25) is 0 Å². The highest BCUT2D eigenvalue weighted by Gasteiger charge is 2.68. The number of benzene rings is 3. The first kappa shape index (κ1) is 27.1. The van der Waals surface area contributed by atoms with Crippen molar-refractivity contribution in [2.75, 3.05) is 9.13 Å². The maximum absolute atomic E-state index is 7.12. The summed E-state index contributed by atoms with van der Waals surface area (Å²) in [5, 5.41) is 0. The Morgan fingerprint density at radius 3 is 1.53 bits per heavy atom. The summed E-state index contributed by atoms with van der Waals surface area (Å²) in [6.07, 6.45) is 5.60. The Morgan fingerprint density at radius 1 is 0.511 bits per heavy atom. The van der Waals surface area contributed by atoms with E-state index in [4.69, 9.17) is 18.8 Å². The van der Waals surface area contributed by atoms with Crippen molar-refractivity contribution in [1.82, 2.24) is 15.0 Å². The van der Waals surface area contributed by atoms with Crippen LogP contribution < -0.4 is 18.0 Å². The van der Waals surface area contributed by atoms with E-state index in [1.54, 1.807) is 6.20 Å². The van der Waals surface area contributed by atoms with Crippen molar-refractivity contribution in [2.24, 2.45) is 0 Å². The van der Waals surface area contributed by atoms with Gasteiger partial charge in [0.05, 0.1) is 52.2 Å². The molecule has 0 saturated carbocycles. The van der Waals surface area contributed by atoms with Crippen LogP contribution in [0.25, 0.3) is 22.6 Å². The van der Waals surface area contributed by atoms with E-state index in [9.17, 15) is 0 Å². The maximum atomic E-state index is 7.12. The minimum Gasteiger partial charge on any atom is -0.478 e. The van der Waals surface area contributed by atoms with Crippen molar-refractivity contribution >= 4 is 31.6 Å². The number of hydrogen-bond acceptors (Lipinski definition) is 7. The fraction of sp³-hybridized carbons (Fsp3) is 0.108. The van der Waals surface area contributed by atoms with Gasteiger partial charge in [0.1, 0.15) is 11.5 Å². The number of anilines is 4. The molecule has 6 aromatic rings. The van der Waals surface area contributed by atoms with Gasteiger partial charge in [-0.1, -0.05) is 36.4 Å². The van der Waals surface area contributed by atoms with Crippen LogP contribution in [0, 0.1) is 27.7 Å². The van der Waals surface area contributed by atoms with E-state index in [0.717, 1.165) is 68.0 Å². The monoisotopic (exact) mass is 605 g/mol. The molecule has 8 rings (SSSR count). The Balaban J connectivity index is 1.32. The number of nitrogens with zero attached hydrogens (tertiary/aromatic N) is 5. The molecule has 0 N–H and O–H groups in total. The number of aryl methyl sites for hydroxylation is 4. The first-order valence-electron chi connectivity index (χ1n) is 15.0. The number of pyridine rings is 3. The van der Waals surface area contributed by atoms with Crippen molar-refractivity contribution < 1.29 is 8.85 Å². The zero-order valence-corrected chi connectivity index (χ0v) is 26.5. The molecular weight excluding hydrogens is 575 g/mol. The van der Waals surface area contributed by atoms with E-state index in [-0.39, 0.29) is 0 Å². The van der Waals surface area contributed by atoms with Gasteiger partial charge in [-0.25, -0.2) is 0 Å². The summed E-state index contributed by atoms with van der Waals surface area (Å²) in [4.78, 5) is 14.3. The smallest absolute Gasteiger partial charge is 0.478 e. The number of rotatable bonds is 4. The lowest BCUT2D eigenvalue weighted by Crippen LogP contribution is -2.67. The molecule has 2 aliphatic rings. The van der Waals surface area contributed by atoms with Gasteiger partial charge in [-0.2, -0.15) is 0 Å². The summed E-state index contributed by atoms with van der Waals surface area (Å²) in [6.45, 7) is 8.48. The second-order valence-corrected chi connectivity index (χ2v) is 14.0. The molecule has 0 aliphatic carbocycles. The topological polar surface area (TPSA) is 63.6 Å². The van der Waals surface area contributed by atoms with E-state index < -0.39 is 8.88 Å². The largest absolute Gasteiger partial charge is 0.734 e. The van der Waals surface area contributed by atoms with Crippen LogP contribution in [-0.2, 0) is 0 Å². The average Bonchev–Trinajstić information content (AvgIpc) is 3.54. The van der Waals surface area contributed by atoms with Gasteiger partial charge in [0.25, 0.3) is 0 Å². The van der Waals surface area contributed by atoms with Crippen LogP contribution in [-0.4, -0.2) is 23.8 Å². The van der Waals surface area contributed by atoms with Crippen molar-refractivity contribution in [3.8, 4) is 34.1 Å². The molecule has 0 fully saturated rings. The lowest BCUT2D eigenvalue weighted by molar-refractivity contribution is 0.413. The SMILES string of the molecule is Cc1cc2c(cc1C)N(c1ccc(-c3ccccc3)nc1)[Si]1(O2)Oc2cc(C)c(C)cc2N1c1ccc(-c2ccccn2)nc1. The third-order valence-corrected chi connectivity index (χ3v) is 11.8. The number of fused-ring (bicyclic) bond motifs is 2. The molecule has 2 aliphatic heterocycles. The van der Waals surface area contributed by atoms with E-state index in [1.165, 1.54) is 11.1 Å². The highest BCUT2D eigenvalue weighted by molar-refractivity contribution is 6.81. The summed E-state index contributed by atoms with van der Waals surface area (Å²) in [7, 11) is -3.53. The van der Waals surface area contributed by atoms with Crippen molar-refractivity contribution in [3.63, 3.8) is 0 Å². The van der Waals surface area contributed by atoms with Crippen LogP contribution in [0.15, 0.2) is 116 Å². The molecule has 0 amide bonds.